The van der Waals surface area contributed by atoms with Crippen molar-refractivity contribution in [3.8, 4) is 0 Å². The van der Waals surface area contributed by atoms with Gasteiger partial charge in [0.2, 0.25) is 0 Å². The Bertz CT molecular complexity index is 1020. The SMILES string of the molecule is CC1=C(C)C(=O)N([C@@H]2[C@@H](OCc3ccccc3)[C@H](O)[C@@H](COCc3ccccc3)O[C@H]2O)C1=O. The lowest BCUT2D eigenvalue weighted by Crippen LogP contribution is -2.66. The van der Waals surface area contributed by atoms with E-state index in [0.29, 0.717) is 17.8 Å². The molecule has 0 radical (unpaired) electrons. The van der Waals surface area contributed by atoms with Crippen LogP contribution in [0.5, 0.6) is 0 Å². The average Bonchev–Trinajstić information content (AvgIpc) is 3.04. The fraction of sp³-hybridized carbons (Fsp3) is 0.385. The molecular formula is C26H29NO7. The van der Waals surface area contributed by atoms with Gasteiger partial charge in [0.15, 0.2) is 6.29 Å². The molecule has 0 unspecified atom stereocenters. The number of carbonyl (C=O) groups excluding carboxylic acids is 2. The summed E-state index contributed by atoms with van der Waals surface area (Å²) in [6.45, 7) is 3.52. The number of benzene rings is 2. The van der Waals surface area contributed by atoms with Crippen molar-refractivity contribution in [2.75, 3.05) is 6.61 Å². The Morgan fingerprint density at radius 2 is 1.38 bits per heavy atom. The summed E-state index contributed by atoms with van der Waals surface area (Å²) < 4.78 is 17.4. The van der Waals surface area contributed by atoms with Crippen molar-refractivity contribution >= 4 is 11.8 Å². The minimum Gasteiger partial charge on any atom is -0.388 e. The highest BCUT2D eigenvalue weighted by atomic mass is 16.6. The first-order valence-electron chi connectivity index (χ1n) is 11.2. The molecule has 2 N–H and O–H groups in total. The molecule has 0 bridgehead atoms. The third-order valence-electron chi connectivity index (χ3n) is 6.28. The van der Waals surface area contributed by atoms with Crippen LogP contribution in [0.4, 0.5) is 0 Å². The Morgan fingerprint density at radius 3 is 1.94 bits per heavy atom. The van der Waals surface area contributed by atoms with E-state index in [1.807, 2.05) is 60.7 Å². The van der Waals surface area contributed by atoms with E-state index < -0.39 is 42.5 Å². The Kier molecular flexibility index (Phi) is 7.55. The van der Waals surface area contributed by atoms with Gasteiger partial charge in [0.1, 0.15) is 24.4 Å². The van der Waals surface area contributed by atoms with Crippen LogP contribution in [0.2, 0.25) is 0 Å². The van der Waals surface area contributed by atoms with Crippen LogP contribution in [0.25, 0.3) is 0 Å². The predicted octanol–water partition coefficient (Wildman–Crippen LogP) is 1.94. The summed E-state index contributed by atoms with van der Waals surface area (Å²) in [4.78, 5) is 26.6. The highest BCUT2D eigenvalue weighted by Gasteiger charge is 2.53. The maximum absolute atomic E-state index is 12.8. The van der Waals surface area contributed by atoms with Crippen molar-refractivity contribution in [3.63, 3.8) is 0 Å². The van der Waals surface area contributed by atoms with Crippen molar-refractivity contribution in [3.05, 3.63) is 82.9 Å². The zero-order valence-corrected chi connectivity index (χ0v) is 19.2. The molecule has 5 atom stereocenters. The molecule has 8 heteroatoms. The number of rotatable bonds is 8. The minimum atomic E-state index is -1.55. The van der Waals surface area contributed by atoms with Gasteiger partial charge in [-0.2, -0.15) is 0 Å². The lowest BCUT2D eigenvalue weighted by atomic mass is 9.95. The van der Waals surface area contributed by atoms with Gasteiger partial charge < -0.3 is 24.4 Å². The Hall–Kier alpha value is -2.88. The minimum absolute atomic E-state index is 0.0107. The van der Waals surface area contributed by atoms with Crippen LogP contribution in [0.1, 0.15) is 25.0 Å². The van der Waals surface area contributed by atoms with Gasteiger partial charge in [0.25, 0.3) is 11.8 Å². The number of hydrogen-bond acceptors (Lipinski definition) is 7. The Balaban J connectivity index is 1.52. The molecule has 0 spiro atoms. The van der Waals surface area contributed by atoms with Gasteiger partial charge >= 0.3 is 0 Å². The van der Waals surface area contributed by atoms with E-state index in [-0.39, 0.29) is 13.2 Å². The molecule has 180 valence electrons. The fourth-order valence-electron chi connectivity index (χ4n) is 4.20. The highest BCUT2D eigenvalue weighted by molar-refractivity contribution is 6.19. The third-order valence-corrected chi connectivity index (χ3v) is 6.28. The first-order chi connectivity index (χ1) is 16.4. The molecule has 0 saturated carbocycles. The molecule has 4 rings (SSSR count). The van der Waals surface area contributed by atoms with E-state index in [1.54, 1.807) is 13.8 Å². The van der Waals surface area contributed by atoms with Gasteiger partial charge in [-0.3, -0.25) is 14.5 Å². The molecule has 2 heterocycles. The lowest BCUT2D eigenvalue weighted by molar-refractivity contribution is -0.279. The van der Waals surface area contributed by atoms with Crippen molar-refractivity contribution in [2.45, 2.75) is 57.7 Å². The summed E-state index contributed by atoms with van der Waals surface area (Å²) >= 11 is 0. The fourth-order valence-corrected chi connectivity index (χ4v) is 4.20. The lowest BCUT2D eigenvalue weighted by Gasteiger charge is -2.45. The van der Waals surface area contributed by atoms with E-state index in [4.69, 9.17) is 14.2 Å². The topological polar surface area (TPSA) is 106 Å². The van der Waals surface area contributed by atoms with Crippen LogP contribution in [-0.2, 0) is 37.0 Å². The van der Waals surface area contributed by atoms with Crippen LogP contribution in [0.15, 0.2) is 71.8 Å². The largest absolute Gasteiger partial charge is 0.388 e. The van der Waals surface area contributed by atoms with Crippen molar-refractivity contribution in [1.29, 1.82) is 0 Å². The molecule has 0 aliphatic carbocycles. The number of aliphatic hydroxyl groups excluding tert-OH is 2. The summed E-state index contributed by atoms with van der Waals surface area (Å²) in [6.07, 6.45) is -4.81. The first kappa shape index (κ1) is 24.3. The molecule has 34 heavy (non-hydrogen) atoms. The summed E-state index contributed by atoms with van der Waals surface area (Å²) in [7, 11) is 0. The van der Waals surface area contributed by atoms with Crippen LogP contribution in [0, 0.1) is 0 Å². The van der Waals surface area contributed by atoms with Crippen molar-refractivity contribution in [1.82, 2.24) is 4.90 Å². The molecular weight excluding hydrogens is 438 g/mol. The second-order valence-electron chi connectivity index (χ2n) is 8.54. The number of aliphatic hydroxyl groups is 2. The Labute approximate surface area is 198 Å². The van der Waals surface area contributed by atoms with E-state index in [2.05, 4.69) is 0 Å². The number of hydrogen-bond donors (Lipinski definition) is 2. The number of amides is 2. The van der Waals surface area contributed by atoms with Crippen LogP contribution in [-0.4, -0.2) is 64.2 Å². The van der Waals surface area contributed by atoms with Gasteiger partial charge in [-0.1, -0.05) is 60.7 Å². The Morgan fingerprint density at radius 1 is 0.853 bits per heavy atom. The number of carbonyl (C=O) groups is 2. The maximum Gasteiger partial charge on any atom is 0.257 e. The van der Waals surface area contributed by atoms with E-state index in [0.717, 1.165) is 16.0 Å². The molecule has 0 aromatic heterocycles. The highest BCUT2D eigenvalue weighted by Crippen LogP contribution is 2.32. The first-order valence-corrected chi connectivity index (χ1v) is 11.2. The normalized spacial score (nSPS) is 27.5. The molecule has 1 fully saturated rings. The zero-order valence-electron chi connectivity index (χ0n) is 19.2. The van der Waals surface area contributed by atoms with E-state index in [1.165, 1.54) is 0 Å². The second-order valence-corrected chi connectivity index (χ2v) is 8.54. The smallest absolute Gasteiger partial charge is 0.257 e. The van der Waals surface area contributed by atoms with Gasteiger partial charge in [-0.05, 0) is 25.0 Å². The number of imide groups is 1. The number of nitrogens with zero attached hydrogens (tertiary/aromatic N) is 1. The molecule has 2 aliphatic heterocycles. The monoisotopic (exact) mass is 467 g/mol. The molecule has 2 aromatic carbocycles. The van der Waals surface area contributed by atoms with Gasteiger partial charge in [0.05, 0.1) is 19.8 Å². The van der Waals surface area contributed by atoms with Crippen LogP contribution in [0.3, 0.4) is 0 Å². The maximum atomic E-state index is 12.8. The zero-order chi connectivity index (χ0) is 24.2. The summed E-state index contributed by atoms with van der Waals surface area (Å²) in [5, 5.41) is 22.0. The summed E-state index contributed by atoms with van der Waals surface area (Å²) in [5.74, 6) is -1.07. The number of ether oxygens (including phenoxy) is 3. The predicted molar refractivity (Wildman–Crippen MR) is 122 cm³/mol. The van der Waals surface area contributed by atoms with Crippen molar-refractivity contribution < 1.29 is 34.0 Å². The quantitative estimate of drug-likeness (QED) is 0.572. The van der Waals surface area contributed by atoms with Crippen molar-refractivity contribution in [2.24, 2.45) is 0 Å². The van der Waals surface area contributed by atoms with Crippen LogP contribution < -0.4 is 0 Å². The third kappa shape index (κ3) is 4.96. The van der Waals surface area contributed by atoms with E-state index >= 15 is 0 Å². The van der Waals surface area contributed by atoms with E-state index in [9.17, 15) is 19.8 Å². The molecule has 2 amide bonds. The molecule has 1 saturated heterocycles. The van der Waals surface area contributed by atoms with Crippen LogP contribution >= 0.6 is 0 Å². The van der Waals surface area contributed by atoms with Gasteiger partial charge in [-0.15, -0.1) is 0 Å². The van der Waals surface area contributed by atoms with Gasteiger partial charge in [-0.25, -0.2) is 0 Å². The molecule has 2 aliphatic rings. The second kappa shape index (κ2) is 10.6. The standard InChI is InChI=1S/C26H29NO7/c1-16-17(2)25(30)27(24(16)29)21-23(33-14-19-11-7-4-8-12-19)22(28)20(34-26(21)31)15-32-13-18-9-5-3-6-10-18/h3-12,20-23,26,28,31H,13-15H2,1-2H3/t20-,21-,22-,23-,26-/m1/s1. The average molecular weight is 468 g/mol. The molecule has 2 aromatic rings. The summed E-state index contributed by atoms with van der Waals surface area (Å²) in [5.41, 5.74) is 2.38. The van der Waals surface area contributed by atoms with Gasteiger partial charge in [0, 0.05) is 11.1 Å². The summed E-state index contributed by atoms with van der Waals surface area (Å²) in [6, 6.07) is 17.6. The molecule has 8 nitrogen and oxygen atoms in total.